The Kier molecular flexibility index (Phi) is 8.98. The molecule has 0 aromatic heterocycles. The van der Waals surface area contributed by atoms with Crippen molar-refractivity contribution in [1.29, 1.82) is 0 Å². The number of aliphatic hydroxyl groups excluding tert-OH is 3. The lowest BCUT2D eigenvalue weighted by molar-refractivity contribution is -0.149. The highest BCUT2D eigenvalue weighted by Crippen LogP contribution is 2.23. The number of hydrogen-bond donors (Lipinski definition) is 6. The maximum atomic E-state index is 11.5. The number of nitrogens with one attached hydrogen (secondary N) is 2. The van der Waals surface area contributed by atoms with Crippen LogP contribution in [-0.4, -0.2) is 82.0 Å². The van der Waals surface area contributed by atoms with Crippen molar-refractivity contribution < 1.29 is 44.3 Å². The average Bonchev–Trinajstić information content (AvgIpc) is 2.60. The average molecular weight is 390 g/mol. The van der Waals surface area contributed by atoms with Crippen LogP contribution in [0, 0.1) is 0 Å². The second-order valence-electron chi connectivity index (χ2n) is 6.07. The Morgan fingerprint density at radius 1 is 1.33 bits per heavy atom. The van der Waals surface area contributed by atoms with Gasteiger partial charge in [0.15, 0.2) is 6.10 Å². The monoisotopic (exact) mass is 390 g/mol. The minimum absolute atomic E-state index is 0.392. The SMILES string of the molecule is CCCCNC(=O)OC[C@@H](O)[C@@H](O)[C@@H]1OC(C(=O)O)=C[C@H](O)[C@H]1NC(C)=O. The van der Waals surface area contributed by atoms with Gasteiger partial charge >= 0.3 is 12.1 Å². The second-order valence-corrected chi connectivity index (χ2v) is 6.07. The molecular weight excluding hydrogens is 364 g/mol. The summed E-state index contributed by atoms with van der Waals surface area (Å²) >= 11 is 0. The molecule has 0 aromatic rings. The summed E-state index contributed by atoms with van der Waals surface area (Å²) in [5.74, 6) is -2.69. The van der Waals surface area contributed by atoms with Crippen molar-refractivity contribution in [2.75, 3.05) is 13.2 Å². The molecule has 0 spiro atoms. The first-order chi connectivity index (χ1) is 12.7. The first-order valence-corrected chi connectivity index (χ1v) is 8.51. The number of aliphatic carboxylic acids is 1. The van der Waals surface area contributed by atoms with Crippen LogP contribution in [-0.2, 0) is 19.1 Å². The van der Waals surface area contributed by atoms with Gasteiger partial charge in [0.1, 0.15) is 24.9 Å². The van der Waals surface area contributed by atoms with Gasteiger partial charge in [-0.3, -0.25) is 4.79 Å². The summed E-state index contributed by atoms with van der Waals surface area (Å²) in [5, 5.41) is 44.2. The predicted octanol–water partition coefficient (Wildman–Crippen LogP) is -1.53. The lowest BCUT2D eigenvalue weighted by Gasteiger charge is -2.38. The van der Waals surface area contributed by atoms with Gasteiger partial charge in [0.25, 0.3) is 0 Å². The van der Waals surface area contributed by atoms with Crippen molar-refractivity contribution in [3.05, 3.63) is 11.8 Å². The van der Waals surface area contributed by atoms with Crippen LogP contribution < -0.4 is 10.6 Å². The Morgan fingerprint density at radius 2 is 2.00 bits per heavy atom. The first kappa shape index (κ1) is 22.7. The molecule has 1 aliphatic heterocycles. The van der Waals surface area contributed by atoms with Crippen molar-refractivity contribution in [3.63, 3.8) is 0 Å². The molecule has 0 unspecified atom stereocenters. The summed E-state index contributed by atoms with van der Waals surface area (Å²) in [6.45, 7) is 2.89. The summed E-state index contributed by atoms with van der Waals surface area (Å²) in [7, 11) is 0. The molecule has 6 N–H and O–H groups in total. The number of aliphatic hydroxyl groups is 3. The molecule has 11 nitrogen and oxygen atoms in total. The largest absolute Gasteiger partial charge is 0.478 e. The summed E-state index contributed by atoms with van der Waals surface area (Å²) in [5.41, 5.74) is 0. The number of unbranched alkanes of at least 4 members (excludes halogenated alkanes) is 1. The number of carboxylic acid groups (broad SMARTS) is 1. The smallest absolute Gasteiger partial charge is 0.407 e. The van der Waals surface area contributed by atoms with Crippen LogP contribution in [0.1, 0.15) is 26.7 Å². The molecule has 1 rings (SSSR count). The van der Waals surface area contributed by atoms with E-state index in [0.29, 0.717) is 6.54 Å². The molecule has 1 heterocycles. The number of carboxylic acids is 1. The van der Waals surface area contributed by atoms with E-state index in [0.717, 1.165) is 25.8 Å². The third-order valence-corrected chi connectivity index (χ3v) is 3.80. The Hall–Kier alpha value is -2.37. The van der Waals surface area contributed by atoms with Crippen molar-refractivity contribution >= 4 is 18.0 Å². The Bertz CT molecular complexity index is 566. The molecule has 154 valence electrons. The van der Waals surface area contributed by atoms with Gasteiger partial charge < -0.3 is 40.5 Å². The number of amides is 2. The van der Waals surface area contributed by atoms with E-state index in [1.54, 1.807) is 0 Å². The van der Waals surface area contributed by atoms with Gasteiger partial charge in [0.05, 0.1) is 6.04 Å². The van der Waals surface area contributed by atoms with Crippen LogP contribution in [0.15, 0.2) is 11.8 Å². The minimum atomic E-state index is -1.76. The van der Waals surface area contributed by atoms with E-state index in [2.05, 4.69) is 10.6 Å². The fourth-order valence-electron chi connectivity index (χ4n) is 2.42. The van der Waals surface area contributed by atoms with Gasteiger partial charge in [0.2, 0.25) is 11.7 Å². The molecule has 0 fully saturated rings. The van der Waals surface area contributed by atoms with Gasteiger partial charge in [-0.15, -0.1) is 0 Å². The zero-order valence-corrected chi connectivity index (χ0v) is 15.1. The highest BCUT2D eigenvalue weighted by Gasteiger charge is 2.43. The molecule has 11 heteroatoms. The number of hydrogen-bond acceptors (Lipinski definition) is 8. The van der Waals surface area contributed by atoms with E-state index < -0.39 is 60.8 Å². The van der Waals surface area contributed by atoms with E-state index in [4.69, 9.17) is 14.6 Å². The zero-order chi connectivity index (χ0) is 20.6. The third-order valence-electron chi connectivity index (χ3n) is 3.80. The molecule has 0 bridgehead atoms. The quantitative estimate of drug-likeness (QED) is 0.255. The van der Waals surface area contributed by atoms with Crippen LogP contribution in [0.5, 0.6) is 0 Å². The summed E-state index contributed by atoms with van der Waals surface area (Å²) < 4.78 is 9.91. The minimum Gasteiger partial charge on any atom is -0.478 e. The maximum absolute atomic E-state index is 11.5. The molecule has 0 saturated heterocycles. The van der Waals surface area contributed by atoms with Gasteiger partial charge in [0, 0.05) is 13.5 Å². The number of carbonyl (C=O) groups is 3. The molecule has 27 heavy (non-hydrogen) atoms. The number of ether oxygens (including phenoxy) is 2. The summed E-state index contributed by atoms with van der Waals surface area (Å²) in [4.78, 5) is 33.9. The van der Waals surface area contributed by atoms with Gasteiger partial charge in [-0.1, -0.05) is 13.3 Å². The van der Waals surface area contributed by atoms with E-state index in [1.165, 1.54) is 0 Å². The molecule has 1 aliphatic rings. The molecule has 0 aromatic carbocycles. The van der Waals surface area contributed by atoms with Crippen molar-refractivity contribution in [3.8, 4) is 0 Å². The maximum Gasteiger partial charge on any atom is 0.407 e. The molecule has 2 amide bonds. The van der Waals surface area contributed by atoms with Crippen LogP contribution in [0.4, 0.5) is 4.79 Å². The predicted molar refractivity (Wildman–Crippen MR) is 90.5 cm³/mol. The van der Waals surface area contributed by atoms with E-state index in [-0.39, 0.29) is 0 Å². The molecule has 0 radical (unpaired) electrons. The second kappa shape index (κ2) is 10.7. The van der Waals surface area contributed by atoms with E-state index in [1.807, 2.05) is 6.92 Å². The lowest BCUT2D eigenvalue weighted by atomic mass is 9.94. The third kappa shape index (κ3) is 7.04. The fourth-order valence-corrected chi connectivity index (χ4v) is 2.42. The highest BCUT2D eigenvalue weighted by molar-refractivity contribution is 5.84. The number of carbonyl (C=O) groups excluding carboxylic acids is 2. The molecule has 0 saturated carbocycles. The zero-order valence-electron chi connectivity index (χ0n) is 15.1. The highest BCUT2D eigenvalue weighted by atomic mass is 16.6. The fraction of sp³-hybridized carbons (Fsp3) is 0.688. The standard InChI is InChI=1S/C16H26N2O9/c1-3-4-5-17-16(25)26-7-10(21)13(22)14-12(18-8(2)19)9(20)6-11(27-14)15(23)24/h6,9-10,12-14,20-22H,3-5,7H2,1-2H3,(H,17,25)(H,18,19)(H,23,24)/t9-,10+,12+,13+,14+/m0/s1. The van der Waals surface area contributed by atoms with E-state index >= 15 is 0 Å². The van der Waals surface area contributed by atoms with Crippen LogP contribution >= 0.6 is 0 Å². The van der Waals surface area contributed by atoms with Crippen LogP contribution in [0.2, 0.25) is 0 Å². The van der Waals surface area contributed by atoms with E-state index in [9.17, 15) is 29.7 Å². The van der Waals surface area contributed by atoms with Crippen molar-refractivity contribution in [2.45, 2.75) is 57.1 Å². The number of rotatable bonds is 9. The molecular formula is C16H26N2O9. The normalized spacial score (nSPS) is 24.0. The van der Waals surface area contributed by atoms with Crippen molar-refractivity contribution in [2.24, 2.45) is 0 Å². The molecule has 5 atom stereocenters. The summed E-state index contributed by atoms with van der Waals surface area (Å²) in [6.07, 6.45) is -4.67. The van der Waals surface area contributed by atoms with Crippen LogP contribution in [0.25, 0.3) is 0 Å². The Labute approximate surface area is 156 Å². The van der Waals surface area contributed by atoms with Crippen LogP contribution in [0.3, 0.4) is 0 Å². The van der Waals surface area contributed by atoms with Gasteiger partial charge in [-0.05, 0) is 12.5 Å². The number of alkyl carbamates (subject to hydrolysis) is 1. The first-order valence-electron chi connectivity index (χ1n) is 8.51. The van der Waals surface area contributed by atoms with Crippen molar-refractivity contribution in [1.82, 2.24) is 10.6 Å². The Morgan fingerprint density at radius 3 is 2.56 bits per heavy atom. The Balaban J connectivity index is 2.75. The summed E-state index contributed by atoms with van der Waals surface area (Å²) in [6, 6.07) is -1.21. The topological polar surface area (TPSA) is 175 Å². The lowest BCUT2D eigenvalue weighted by Crippen LogP contribution is -2.60. The molecule has 0 aliphatic carbocycles. The van der Waals surface area contributed by atoms with Gasteiger partial charge in [-0.25, -0.2) is 9.59 Å². The van der Waals surface area contributed by atoms with Gasteiger partial charge in [-0.2, -0.15) is 0 Å².